The molecule has 0 radical (unpaired) electrons. The van der Waals surface area contributed by atoms with Gasteiger partial charge in [-0.3, -0.25) is 0 Å². The molecule has 148 valence electrons. The monoisotopic (exact) mass is 382 g/mol. The van der Waals surface area contributed by atoms with E-state index in [9.17, 15) is 4.79 Å². The summed E-state index contributed by atoms with van der Waals surface area (Å²) in [4.78, 5) is 14.4. The second-order valence-electron chi connectivity index (χ2n) is 7.37. The summed E-state index contributed by atoms with van der Waals surface area (Å²) in [7, 11) is 0. The van der Waals surface area contributed by atoms with E-state index in [1.807, 2.05) is 29.2 Å². The Morgan fingerprint density at radius 2 is 1.82 bits per heavy atom. The number of carbonyl (C=O) groups is 1. The molecular formula is C22H26N2O4. The lowest BCUT2D eigenvalue weighted by Crippen LogP contribution is -2.46. The molecule has 0 aliphatic carbocycles. The fraction of sp³-hybridized carbons (Fsp3) is 0.409. The average molecular weight is 382 g/mol. The van der Waals surface area contributed by atoms with Crippen molar-refractivity contribution in [2.75, 3.05) is 19.9 Å². The SMILES string of the molecule is Cc1cccc(C)c1OC1CCN(C(=O)NCc2ccc3c(c2)OCO3)CC1. The normalized spacial score (nSPS) is 16.1. The Labute approximate surface area is 165 Å². The lowest BCUT2D eigenvalue weighted by molar-refractivity contribution is 0.110. The molecule has 4 rings (SSSR count). The third-order valence-electron chi connectivity index (χ3n) is 5.30. The van der Waals surface area contributed by atoms with Gasteiger partial charge < -0.3 is 24.4 Å². The Bertz CT molecular complexity index is 839. The first-order valence-corrected chi connectivity index (χ1v) is 9.74. The minimum absolute atomic E-state index is 0.0387. The van der Waals surface area contributed by atoms with Crippen LogP contribution in [-0.4, -0.2) is 36.9 Å². The number of fused-ring (bicyclic) bond motifs is 1. The van der Waals surface area contributed by atoms with Gasteiger partial charge in [-0.05, 0) is 42.7 Å². The number of carbonyl (C=O) groups excluding carboxylic acids is 1. The number of amides is 2. The predicted octanol–water partition coefficient (Wildman–Crippen LogP) is 3.79. The number of aryl methyl sites for hydroxylation is 2. The van der Waals surface area contributed by atoms with Crippen LogP contribution in [0.1, 0.15) is 29.5 Å². The summed E-state index contributed by atoms with van der Waals surface area (Å²) in [6, 6.07) is 11.9. The summed E-state index contributed by atoms with van der Waals surface area (Å²) >= 11 is 0. The summed E-state index contributed by atoms with van der Waals surface area (Å²) in [5.74, 6) is 2.46. The van der Waals surface area contributed by atoms with E-state index in [1.54, 1.807) is 0 Å². The Kier molecular flexibility index (Phi) is 5.28. The van der Waals surface area contributed by atoms with Crippen molar-refractivity contribution in [3.63, 3.8) is 0 Å². The van der Waals surface area contributed by atoms with Crippen molar-refractivity contribution in [2.45, 2.75) is 39.3 Å². The second kappa shape index (κ2) is 8.00. The predicted molar refractivity (Wildman–Crippen MR) is 106 cm³/mol. The van der Waals surface area contributed by atoms with Crippen LogP contribution in [-0.2, 0) is 6.54 Å². The van der Waals surface area contributed by atoms with Crippen LogP contribution in [0.15, 0.2) is 36.4 Å². The van der Waals surface area contributed by atoms with Crippen LogP contribution in [0.2, 0.25) is 0 Å². The van der Waals surface area contributed by atoms with E-state index in [1.165, 1.54) is 0 Å². The number of nitrogens with zero attached hydrogens (tertiary/aromatic N) is 1. The van der Waals surface area contributed by atoms with Gasteiger partial charge in [0.25, 0.3) is 0 Å². The third kappa shape index (κ3) is 4.01. The van der Waals surface area contributed by atoms with E-state index in [4.69, 9.17) is 14.2 Å². The van der Waals surface area contributed by atoms with E-state index < -0.39 is 0 Å². The maximum absolute atomic E-state index is 12.5. The van der Waals surface area contributed by atoms with Gasteiger partial charge in [0.2, 0.25) is 6.79 Å². The number of benzene rings is 2. The number of ether oxygens (including phenoxy) is 3. The number of nitrogens with one attached hydrogen (secondary N) is 1. The van der Waals surface area contributed by atoms with Gasteiger partial charge in [-0.2, -0.15) is 0 Å². The highest BCUT2D eigenvalue weighted by Crippen LogP contribution is 2.32. The van der Waals surface area contributed by atoms with Gasteiger partial charge in [0.05, 0.1) is 0 Å². The summed E-state index contributed by atoms with van der Waals surface area (Å²) in [6.45, 7) is 6.26. The van der Waals surface area contributed by atoms with Crippen LogP contribution in [0.3, 0.4) is 0 Å². The fourth-order valence-corrected chi connectivity index (χ4v) is 3.67. The lowest BCUT2D eigenvalue weighted by atomic mass is 10.1. The standard InChI is InChI=1S/C22H26N2O4/c1-15-4-3-5-16(2)21(15)28-18-8-10-24(11-9-18)22(25)23-13-17-6-7-19-20(12-17)27-14-26-19/h3-7,12,18H,8-11,13-14H2,1-2H3,(H,23,25). The first kappa shape index (κ1) is 18.5. The summed E-state index contributed by atoms with van der Waals surface area (Å²) in [5.41, 5.74) is 3.30. The van der Waals surface area contributed by atoms with E-state index in [2.05, 4.69) is 31.3 Å². The smallest absolute Gasteiger partial charge is 0.317 e. The molecule has 0 unspecified atom stereocenters. The van der Waals surface area contributed by atoms with Crippen molar-refractivity contribution in [1.82, 2.24) is 10.2 Å². The van der Waals surface area contributed by atoms with Crippen LogP contribution in [0, 0.1) is 13.8 Å². The molecule has 1 saturated heterocycles. The lowest BCUT2D eigenvalue weighted by Gasteiger charge is -2.32. The molecule has 1 fully saturated rings. The number of hydrogen-bond acceptors (Lipinski definition) is 4. The number of likely N-dealkylation sites (tertiary alicyclic amines) is 1. The van der Waals surface area contributed by atoms with Crippen molar-refractivity contribution in [1.29, 1.82) is 0 Å². The van der Waals surface area contributed by atoms with E-state index in [-0.39, 0.29) is 18.9 Å². The van der Waals surface area contributed by atoms with Gasteiger partial charge in [0.15, 0.2) is 11.5 Å². The maximum Gasteiger partial charge on any atom is 0.317 e. The van der Waals surface area contributed by atoms with E-state index >= 15 is 0 Å². The topological polar surface area (TPSA) is 60.0 Å². The maximum atomic E-state index is 12.5. The quantitative estimate of drug-likeness (QED) is 0.874. The van der Waals surface area contributed by atoms with Crippen molar-refractivity contribution in [3.8, 4) is 17.2 Å². The number of piperidine rings is 1. The van der Waals surface area contributed by atoms with E-state index in [0.29, 0.717) is 19.6 Å². The van der Waals surface area contributed by atoms with Gasteiger partial charge >= 0.3 is 6.03 Å². The summed E-state index contributed by atoms with van der Waals surface area (Å²) < 4.78 is 16.9. The molecule has 0 atom stereocenters. The Morgan fingerprint density at radius 3 is 2.57 bits per heavy atom. The molecule has 0 spiro atoms. The molecule has 28 heavy (non-hydrogen) atoms. The molecule has 2 amide bonds. The number of para-hydroxylation sites is 1. The molecule has 2 aromatic carbocycles. The Hall–Kier alpha value is -2.89. The minimum Gasteiger partial charge on any atom is -0.490 e. The van der Waals surface area contributed by atoms with Gasteiger partial charge in [-0.15, -0.1) is 0 Å². The highest BCUT2D eigenvalue weighted by Gasteiger charge is 2.24. The first-order chi connectivity index (χ1) is 13.6. The van der Waals surface area contributed by atoms with Crippen LogP contribution in [0.4, 0.5) is 4.79 Å². The van der Waals surface area contributed by atoms with Gasteiger partial charge in [0.1, 0.15) is 11.9 Å². The Balaban J connectivity index is 1.26. The highest BCUT2D eigenvalue weighted by molar-refractivity contribution is 5.74. The molecule has 1 N–H and O–H groups in total. The molecule has 2 aliphatic rings. The molecule has 0 bridgehead atoms. The number of hydrogen-bond donors (Lipinski definition) is 1. The average Bonchev–Trinajstić information content (AvgIpc) is 3.17. The van der Waals surface area contributed by atoms with Gasteiger partial charge in [-0.1, -0.05) is 24.3 Å². The molecule has 0 saturated carbocycles. The van der Waals surface area contributed by atoms with Crippen molar-refractivity contribution < 1.29 is 19.0 Å². The molecule has 6 heteroatoms. The van der Waals surface area contributed by atoms with Crippen LogP contribution >= 0.6 is 0 Å². The molecule has 0 aromatic heterocycles. The summed E-state index contributed by atoms with van der Waals surface area (Å²) in [5, 5.41) is 2.99. The van der Waals surface area contributed by atoms with Crippen LogP contribution < -0.4 is 19.5 Å². The zero-order valence-electron chi connectivity index (χ0n) is 16.4. The second-order valence-corrected chi connectivity index (χ2v) is 7.37. The van der Waals surface area contributed by atoms with Crippen LogP contribution in [0.5, 0.6) is 17.2 Å². The zero-order chi connectivity index (χ0) is 19.5. The van der Waals surface area contributed by atoms with Crippen molar-refractivity contribution in [2.24, 2.45) is 0 Å². The van der Waals surface area contributed by atoms with E-state index in [0.717, 1.165) is 46.8 Å². The van der Waals surface area contributed by atoms with Crippen LogP contribution in [0.25, 0.3) is 0 Å². The van der Waals surface area contributed by atoms with Gasteiger partial charge in [0, 0.05) is 32.5 Å². The molecular weight excluding hydrogens is 356 g/mol. The van der Waals surface area contributed by atoms with Crippen molar-refractivity contribution in [3.05, 3.63) is 53.1 Å². The number of urea groups is 1. The largest absolute Gasteiger partial charge is 0.490 e. The zero-order valence-corrected chi connectivity index (χ0v) is 16.4. The third-order valence-corrected chi connectivity index (χ3v) is 5.30. The molecule has 2 aliphatic heterocycles. The summed E-state index contributed by atoms with van der Waals surface area (Å²) in [6.07, 6.45) is 1.83. The van der Waals surface area contributed by atoms with Crippen molar-refractivity contribution >= 4 is 6.03 Å². The molecule has 2 aromatic rings. The minimum atomic E-state index is -0.0387. The Morgan fingerprint density at radius 1 is 1.11 bits per heavy atom. The number of rotatable bonds is 4. The molecule has 6 nitrogen and oxygen atoms in total. The first-order valence-electron chi connectivity index (χ1n) is 9.74. The molecule has 2 heterocycles. The fourth-order valence-electron chi connectivity index (χ4n) is 3.67. The highest BCUT2D eigenvalue weighted by atomic mass is 16.7. The van der Waals surface area contributed by atoms with Gasteiger partial charge in [-0.25, -0.2) is 4.79 Å².